The van der Waals surface area contributed by atoms with Crippen molar-refractivity contribution in [3.8, 4) is 0 Å². The van der Waals surface area contributed by atoms with Gasteiger partial charge >= 0.3 is 0 Å². The predicted molar refractivity (Wildman–Crippen MR) is 73.3 cm³/mol. The Morgan fingerprint density at radius 3 is 2.76 bits per heavy atom. The van der Waals surface area contributed by atoms with Crippen LogP contribution in [-0.4, -0.2) is 37.6 Å². The first-order valence-electron chi connectivity index (χ1n) is 5.91. The van der Waals surface area contributed by atoms with Crippen molar-refractivity contribution in [3.05, 3.63) is 29.6 Å². The van der Waals surface area contributed by atoms with Gasteiger partial charge in [-0.2, -0.15) is 0 Å². The molecule has 0 saturated carbocycles. The van der Waals surface area contributed by atoms with Gasteiger partial charge in [-0.15, -0.1) is 0 Å². The van der Waals surface area contributed by atoms with Crippen molar-refractivity contribution in [1.29, 1.82) is 0 Å². The van der Waals surface area contributed by atoms with E-state index in [2.05, 4.69) is 39.7 Å². The molecule has 0 amide bonds. The standard InChI is InChI=1S/C13H18BrFN2/c1-10-9-17(6-5-16(10)2)13-4-3-11(8-14)7-12(13)15/h3-4,7,10H,5-6,8-9H2,1-2H3. The van der Waals surface area contributed by atoms with Gasteiger partial charge in [-0.05, 0) is 31.7 Å². The molecule has 2 rings (SSSR count). The predicted octanol–water partition coefficient (Wildman–Crippen LogP) is 2.86. The average Bonchev–Trinajstić information content (AvgIpc) is 2.32. The number of hydrogen-bond donors (Lipinski definition) is 0. The first kappa shape index (κ1) is 12.8. The Labute approximate surface area is 111 Å². The van der Waals surface area contributed by atoms with E-state index >= 15 is 0 Å². The van der Waals surface area contributed by atoms with E-state index in [4.69, 9.17) is 0 Å². The normalized spacial score (nSPS) is 21.9. The molecule has 4 heteroatoms. The molecule has 0 spiro atoms. The van der Waals surface area contributed by atoms with Crippen LogP contribution in [0, 0.1) is 5.82 Å². The SMILES string of the molecule is CC1CN(c2ccc(CBr)cc2F)CCN1C. The van der Waals surface area contributed by atoms with Gasteiger partial charge in [0.15, 0.2) is 0 Å². The molecular weight excluding hydrogens is 283 g/mol. The maximum absolute atomic E-state index is 14.0. The highest BCUT2D eigenvalue weighted by molar-refractivity contribution is 9.08. The highest BCUT2D eigenvalue weighted by atomic mass is 79.9. The zero-order valence-corrected chi connectivity index (χ0v) is 11.9. The summed E-state index contributed by atoms with van der Waals surface area (Å²) in [7, 11) is 2.12. The summed E-state index contributed by atoms with van der Waals surface area (Å²) in [6, 6.07) is 5.96. The molecule has 1 aliphatic heterocycles. The van der Waals surface area contributed by atoms with Gasteiger partial charge in [0.25, 0.3) is 0 Å². The van der Waals surface area contributed by atoms with E-state index in [1.54, 1.807) is 6.07 Å². The minimum atomic E-state index is -0.112. The number of rotatable bonds is 2. The number of piperazine rings is 1. The number of anilines is 1. The molecule has 0 bridgehead atoms. The number of benzene rings is 1. The van der Waals surface area contributed by atoms with Crippen LogP contribution >= 0.6 is 15.9 Å². The van der Waals surface area contributed by atoms with E-state index in [1.807, 2.05) is 12.1 Å². The third kappa shape index (κ3) is 2.80. The molecule has 1 aromatic carbocycles. The van der Waals surface area contributed by atoms with E-state index in [0.717, 1.165) is 30.9 Å². The average molecular weight is 301 g/mol. The summed E-state index contributed by atoms with van der Waals surface area (Å²) in [6.45, 7) is 4.95. The van der Waals surface area contributed by atoms with Gasteiger partial charge < -0.3 is 9.80 Å². The van der Waals surface area contributed by atoms with Crippen LogP contribution in [0.4, 0.5) is 10.1 Å². The summed E-state index contributed by atoms with van der Waals surface area (Å²) >= 11 is 3.34. The second kappa shape index (κ2) is 5.36. The highest BCUT2D eigenvalue weighted by Gasteiger charge is 2.22. The zero-order valence-electron chi connectivity index (χ0n) is 10.3. The van der Waals surface area contributed by atoms with E-state index in [-0.39, 0.29) is 5.82 Å². The molecule has 0 radical (unpaired) electrons. The Morgan fingerprint density at radius 1 is 1.41 bits per heavy atom. The third-order valence-electron chi connectivity index (χ3n) is 3.47. The molecule has 1 unspecified atom stereocenters. The Bertz CT molecular complexity index is 397. The van der Waals surface area contributed by atoms with Crippen LogP contribution in [0.3, 0.4) is 0 Å². The molecule has 1 atom stereocenters. The van der Waals surface area contributed by atoms with Crippen molar-refractivity contribution in [2.45, 2.75) is 18.3 Å². The fourth-order valence-corrected chi connectivity index (χ4v) is 2.51. The Balaban J connectivity index is 2.17. The summed E-state index contributed by atoms with van der Waals surface area (Å²) in [5, 5.41) is 0.698. The highest BCUT2D eigenvalue weighted by Crippen LogP contribution is 2.23. The molecule has 1 aromatic rings. The summed E-state index contributed by atoms with van der Waals surface area (Å²) in [4.78, 5) is 4.44. The topological polar surface area (TPSA) is 6.48 Å². The van der Waals surface area contributed by atoms with Crippen LogP contribution in [0.15, 0.2) is 18.2 Å². The van der Waals surface area contributed by atoms with Crippen LogP contribution in [0.25, 0.3) is 0 Å². The Hall–Kier alpha value is -0.610. The fourth-order valence-electron chi connectivity index (χ4n) is 2.16. The largest absolute Gasteiger partial charge is 0.366 e. The molecule has 0 N–H and O–H groups in total. The summed E-state index contributed by atoms with van der Waals surface area (Å²) in [6.07, 6.45) is 0. The molecule has 1 heterocycles. The van der Waals surface area contributed by atoms with Gasteiger partial charge in [0.05, 0.1) is 5.69 Å². The van der Waals surface area contributed by atoms with Crippen molar-refractivity contribution < 1.29 is 4.39 Å². The monoisotopic (exact) mass is 300 g/mol. The fraction of sp³-hybridized carbons (Fsp3) is 0.538. The second-order valence-electron chi connectivity index (χ2n) is 4.70. The lowest BCUT2D eigenvalue weighted by molar-refractivity contribution is 0.233. The van der Waals surface area contributed by atoms with Crippen molar-refractivity contribution in [1.82, 2.24) is 4.90 Å². The molecule has 1 fully saturated rings. The number of hydrogen-bond acceptors (Lipinski definition) is 2. The molecule has 1 saturated heterocycles. The number of likely N-dealkylation sites (N-methyl/N-ethyl adjacent to an activating group) is 1. The minimum Gasteiger partial charge on any atom is -0.366 e. The minimum absolute atomic E-state index is 0.112. The summed E-state index contributed by atoms with van der Waals surface area (Å²) < 4.78 is 14.0. The third-order valence-corrected chi connectivity index (χ3v) is 4.11. The van der Waals surface area contributed by atoms with Crippen LogP contribution < -0.4 is 4.90 Å². The second-order valence-corrected chi connectivity index (χ2v) is 5.26. The number of halogens is 2. The molecule has 0 aliphatic carbocycles. The molecular formula is C13H18BrFN2. The first-order valence-corrected chi connectivity index (χ1v) is 7.03. The Kier molecular flexibility index (Phi) is 4.05. The number of alkyl halides is 1. The maximum atomic E-state index is 14.0. The van der Waals surface area contributed by atoms with Crippen molar-refractivity contribution >= 4 is 21.6 Å². The molecule has 2 nitrogen and oxygen atoms in total. The first-order chi connectivity index (χ1) is 8.11. The van der Waals surface area contributed by atoms with Crippen LogP contribution in [0.1, 0.15) is 12.5 Å². The van der Waals surface area contributed by atoms with Gasteiger partial charge in [-0.3, -0.25) is 0 Å². The van der Waals surface area contributed by atoms with E-state index in [9.17, 15) is 4.39 Å². The lowest BCUT2D eigenvalue weighted by Crippen LogP contribution is -2.50. The van der Waals surface area contributed by atoms with Gasteiger partial charge in [0.1, 0.15) is 5.82 Å². The zero-order chi connectivity index (χ0) is 12.4. The quantitative estimate of drug-likeness (QED) is 0.775. The van der Waals surface area contributed by atoms with Crippen LogP contribution in [-0.2, 0) is 5.33 Å². The van der Waals surface area contributed by atoms with Gasteiger partial charge in [-0.1, -0.05) is 22.0 Å². The molecule has 0 aromatic heterocycles. The summed E-state index contributed by atoms with van der Waals surface area (Å²) in [5.41, 5.74) is 1.71. The van der Waals surface area contributed by atoms with Crippen molar-refractivity contribution in [3.63, 3.8) is 0 Å². The van der Waals surface area contributed by atoms with Crippen molar-refractivity contribution in [2.75, 3.05) is 31.6 Å². The van der Waals surface area contributed by atoms with Crippen LogP contribution in [0.2, 0.25) is 0 Å². The smallest absolute Gasteiger partial charge is 0.146 e. The lowest BCUT2D eigenvalue weighted by atomic mass is 10.1. The van der Waals surface area contributed by atoms with Crippen LogP contribution in [0.5, 0.6) is 0 Å². The van der Waals surface area contributed by atoms with E-state index in [1.165, 1.54) is 0 Å². The lowest BCUT2D eigenvalue weighted by Gasteiger charge is -2.39. The number of nitrogens with zero attached hydrogens (tertiary/aromatic N) is 2. The van der Waals surface area contributed by atoms with E-state index < -0.39 is 0 Å². The van der Waals surface area contributed by atoms with Gasteiger partial charge in [0.2, 0.25) is 0 Å². The van der Waals surface area contributed by atoms with Gasteiger partial charge in [-0.25, -0.2) is 4.39 Å². The molecule has 94 valence electrons. The van der Waals surface area contributed by atoms with Crippen molar-refractivity contribution in [2.24, 2.45) is 0 Å². The van der Waals surface area contributed by atoms with Gasteiger partial charge in [0, 0.05) is 31.0 Å². The molecule has 17 heavy (non-hydrogen) atoms. The Morgan fingerprint density at radius 2 is 2.18 bits per heavy atom. The molecule has 1 aliphatic rings. The summed E-state index contributed by atoms with van der Waals surface area (Å²) in [5.74, 6) is -0.112. The van der Waals surface area contributed by atoms with E-state index in [0.29, 0.717) is 11.4 Å². The maximum Gasteiger partial charge on any atom is 0.146 e.